The average Bonchev–Trinajstić information content (AvgIpc) is 2.99. The lowest BCUT2D eigenvalue weighted by Crippen LogP contribution is -2.23. The van der Waals surface area contributed by atoms with Crippen LogP contribution in [0.1, 0.15) is 23.5 Å². The molecule has 2 N–H and O–H groups in total. The van der Waals surface area contributed by atoms with Gasteiger partial charge in [0.15, 0.2) is 0 Å². The first-order chi connectivity index (χ1) is 11.1. The van der Waals surface area contributed by atoms with Crippen molar-refractivity contribution >= 4 is 28.2 Å². The molecule has 116 valence electrons. The minimum Gasteiger partial charge on any atom is -0.378 e. The first-order valence-corrected chi connectivity index (χ1v) is 7.66. The molecule has 5 heteroatoms. The van der Waals surface area contributed by atoms with E-state index in [2.05, 4.69) is 50.7 Å². The first-order valence-electron chi connectivity index (χ1n) is 7.66. The van der Waals surface area contributed by atoms with Crippen molar-refractivity contribution < 1.29 is 4.79 Å². The Balaban J connectivity index is 1.81. The number of fused-ring (bicyclic) bond motifs is 2. The van der Waals surface area contributed by atoms with Gasteiger partial charge in [-0.2, -0.15) is 5.10 Å². The van der Waals surface area contributed by atoms with E-state index in [1.165, 1.54) is 0 Å². The van der Waals surface area contributed by atoms with E-state index in [0.717, 1.165) is 33.4 Å². The molecule has 0 spiro atoms. The lowest BCUT2D eigenvalue weighted by molar-refractivity contribution is -0.116. The number of H-pyrrole nitrogens is 1. The molecular weight excluding hydrogens is 288 g/mol. The Kier molecular flexibility index (Phi) is 3.08. The van der Waals surface area contributed by atoms with Gasteiger partial charge in [-0.1, -0.05) is 12.1 Å². The van der Waals surface area contributed by atoms with Gasteiger partial charge in [0.05, 0.1) is 11.7 Å². The van der Waals surface area contributed by atoms with Crippen LogP contribution in [0.4, 0.5) is 11.4 Å². The van der Waals surface area contributed by atoms with E-state index in [-0.39, 0.29) is 11.8 Å². The lowest BCUT2D eigenvalue weighted by Gasteiger charge is -2.26. The maximum absolute atomic E-state index is 12.1. The molecule has 1 amide bonds. The molecule has 1 unspecified atom stereocenters. The summed E-state index contributed by atoms with van der Waals surface area (Å²) in [5.41, 5.74) is 5.28. The quantitative estimate of drug-likeness (QED) is 0.765. The number of benzene rings is 2. The summed E-state index contributed by atoms with van der Waals surface area (Å²) in [5, 5.41) is 11.1. The molecule has 23 heavy (non-hydrogen) atoms. The van der Waals surface area contributed by atoms with Crippen molar-refractivity contribution in [2.24, 2.45) is 0 Å². The highest BCUT2D eigenvalue weighted by atomic mass is 16.1. The van der Waals surface area contributed by atoms with Crippen LogP contribution in [-0.2, 0) is 4.79 Å². The number of aromatic amines is 1. The predicted octanol–water partition coefficient (Wildman–Crippen LogP) is 3.10. The Morgan fingerprint density at radius 3 is 2.70 bits per heavy atom. The highest BCUT2D eigenvalue weighted by Crippen LogP contribution is 2.39. The molecule has 5 nitrogen and oxygen atoms in total. The van der Waals surface area contributed by atoms with Gasteiger partial charge in [-0.15, -0.1) is 0 Å². The molecule has 0 saturated carbocycles. The van der Waals surface area contributed by atoms with E-state index in [1.807, 2.05) is 26.4 Å². The number of nitrogens with zero attached hydrogens (tertiary/aromatic N) is 2. The zero-order chi connectivity index (χ0) is 16.0. The summed E-state index contributed by atoms with van der Waals surface area (Å²) in [6.07, 6.45) is 2.29. The maximum atomic E-state index is 12.1. The van der Waals surface area contributed by atoms with E-state index in [0.29, 0.717) is 6.42 Å². The van der Waals surface area contributed by atoms with Gasteiger partial charge in [-0.3, -0.25) is 9.89 Å². The topological polar surface area (TPSA) is 61.0 Å². The third-order valence-corrected chi connectivity index (χ3v) is 4.46. The average molecular weight is 306 g/mol. The highest BCUT2D eigenvalue weighted by Gasteiger charge is 2.27. The number of amides is 1. The van der Waals surface area contributed by atoms with Crippen molar-refractivity contribution in [2.45, 2.75) is 12.3 Å². The Morgan fingerprint density at radius 2 is 1.96 bits per heavy atom. The minimum atomic E-state index is 0.0538. The molecule has 2 aromatic carbocycles. The van der Waals surface area contributed by atoms with Crippen LogP contribution < -0.4 is 10.2 Å². The van der Waals surface area contributed by atoms with Gasteiger partial charge in [-0.25, -0.2) is 0 Å². The number of nitrogens with one attached hydrogen (secondary N) is 2. The molecule has 1 aromatic heterocycles. The summed E-state index contributed by atoms with van der Waals surface area (Å²) in [4.78, 5) is 14.2. The molecule has 1 aliphatic heterocycles. The van der Waals surface area contributed by atoms with Crippen LogP contribution in [-0.4, -0.2) is 30.2 Å². The molecule has 2 heterocycles. The number of aromatic nitrogens is 2. The zero-order valence-corrected chi connectivity index (χ0v) is 13.1. The lowest BCUT2D eigenvalue weighted by atomic mass is 9.84. The van der Waals surface area contributed by atoms with Gasteiger partial charge in [0, 0.05) is 43.2 Å². The Hall–Kier alpha value is -2.82. The summed E-state index contributed by atoms with van der Waals surface area (Å²) in [6.45, 7) is 0. The van der Waals surface area contributed by atoms with Crippen LogP contribution in [0.2, 0.25) is 0 Å². The van der Waals surface area contributed by atoms with Crippen LogP contribution in [0, 0.1) is 0 Å². The predicted molar refractivity (Wildman–Crippen MR) is 92.0 cm³/mol. The van der Waals surface area contributed by atoms with E-state index in [4.69, 9.17) is 0 Å². The third kappa shape index (κ3) is 2.34. The van der Waals surface area contributed by atoms with Crippen LogP contribution in [0.5, 0.6) is 0 Å². The molecular formula is C18H18N4O. The smallest absolute Gasteiger partial charge is 0.225 e. The molecule has 3 aromatic rings. The highest BCUT2D eigenvalue weighted by molar-refractivity contribution is 5.98. The van der Waals surface area contributed by atoms with Crippen molar-refractivity contribution in [1.29, 1.82) is 0 Å². The number of carbonyl (C=O) groups is 1. The normalized spacial score (nSPS) is 17.0. The second kappa shape index (κ2) is 5.12. The second-order valence-electron chi connectivity index (χ2n) is 6.19. The molecule has 0 fully saturated rings. The van der Waals surface area contributed by atoms with Crippen LogP contribution >= 0.6 is 0 Å². The van der Waals surface area contributed by atoms with Gasteiger partial charge in [0.1, 0.15) is 0 Å². The molecule has 0 saturated heterocycles. The largest absolute Gasteiger partial charge is 0.378 e. The van der Waals surface area contributed by atoms with Gasteiger partial charge >= 0.3 is 0 Å². The SMILES string of the molecule is CN(C)c1ccc(C2CC(=O)Nc3cc4[nH]ncc4cc32)cc1. The number of anilines is 2. The van der Waals surface area contributed by atoms with Crippen molar-refractivity contribution in [3.63, 3.8) is 0 Å². The maximum Gasteiger partial charge on any atom is 0.225 e. The number of hydrogen-bond donors (Lipinski definition) is 2. The Bertz CT molecular complexity index is 880. The van der Waals surface area contributed by atoms with E-state index in [9.17, 15) is 4.79 Å². The number of carbonyl (C=O) groups excluding carboxylic acids is 1. The summed E-state index contributed by atoms with van der Waals surface area (Å²) in [6, 6.07) is 12.5. The van der Waals surface area contributed by atoms with E-state index in [1.54, 1.807) is 0 Å². The fraction of sp³-hybridized carbons (Fsp3) is 0.222. The van der Waals surface area contributed by atoms with Crippen LogP contribution in [0.25, 0.3) is 10.9 Å². The number of hydrogen-bond acceptors (Lipinski definition) is 3. The number of rotatable bonds is 2. The molecule has 1 atom stereocenters. The van der Waals surface area contributed by atoms with Crippen molar-refractivity contribution in [3.05, 3.63) is 53.7 Å². The summed E-state index contributed by atoms with van der Waals surface area (Å²) in [7, 11) is 4.04. The third-order valence-electron chi connectivity index (χ3n) is 4.46. The molecule has 0 radical (unpaired) electrons. The first kappa shape index (κ1) is 13.8. The van der Waals surface area contributed by atoms with E-state index < -0.39 is 0 Å². The van der Waals surface area contributed by atoms with Crippen molar-refractivity contribution in [2.75, 3.05) is 24.3 Å². The summed E-state index contributed by atoms with van der Waals surface area (Å²) >= 11 is 0. The van der Waals surface area contributed by atoms with Gasteiger partial charge in [0.2, 0.25) is 5.91 Å². The molecule has 0 bridgehead atoms. The summed E-state index contributed by atoms with van der Waals surface area (Å²) in [5.74, 6) is 0.132. The van der Waals surface area contributed by atoms with Gasteiger partial charge < -0.3 is 10.2 Å². The van der Waals surface area contributed by atoms with Gasteiger partial charge in [-0.05, 0) is 35.4 Å². The standard InChI is InChI=1S/C18H18N4O/c1-22(2)13-5-3-11(4-6-13)14-8-18(23)20-17-9-16-12(7-15(14)17)10-19-21-16/h3-7,9-10,14H,8H2,1-2H3,(H,19,21)(H,20,23). The van der Waals surface area contributed by atoms with Crippen molar-refractivity contribution in [3.8, 4) is 0 Å². The monoisotopic (exact) mass is 306 g/mol. The van der Waals surface area contributed by atoms with Crippen molar-refractivity contribution in [1.82, 2.24) is 10.2 Å². The fourth-order valence-electron chi connectivity index (χ4n) is 3.20. The Labute approximate surface area is 134 Å². The van der Waals surface area contributed by atoms with E-state index >= 15 is 0 Å². The Morgan fingerprint density at radius 1 is 1.17 bits per heavy atom. The minimum absolute atomic E-state index is 0.0538. The van der Waals surface area contributed by atoms with Gasteiger partial charge in [0.25, 0.3) is 0 Å². The fourth-order valence-corrected chi connectivity index (χ4v) is 3.20. The summed E-state index contributed by atoms with van der Waals surface area (Å²) < 4.78 is 0. The molecule has 1 aliphatic rings. The van der Waals surface area contributed by atoms with Crippen LogP contribution in [0.3, 0.4) is 0 Å². The molecule has 0 aliphatic carbocycles. The second-order valence-corrected chi connectivity index (χ2v) is 6.19. The van der Waals surface area contributed by atoms with Crippen LogP contribution in [0.15, 0.2) is 42.6 Å². The molecule has 4 rings (SSSR count). The zero-order valence-electron chi connectivity index (χ0n) is 13.1.